The summed E-state index contributed by atoms with van der Waals surface area (Å²) in [5.74, 6) is 0. The fourth-order valence-corrected chi connectivity index (χ4v) is 1.67. The third-order valence-electron chi connectivity index (χ3n) is 2.48. The Hall–Kier alpha value is -0.570. The van der Waals surface area contributed by atoms with Crippen molar-refractivity contribution in [3.63, 3.8) is 0 Å². The van der Waals surface area contributed by atoms with Gasteiger partial charge in [-0.1, -0.05) is 5.16 Å². The SMILES string of the molecule is CON=C1CCC(N(C)C)CC1. The van der Waals surface area contributed by atoms with Gasteiger partial charge in [-0.3, -0.25) is 0 Å². The number of oxime groups is 1. The van der Waals surface area contributed by atoms with Crippen LogP contribution in [0.1, 0.15) is 25.7 Å². The van der Waals surface area contributed by atoms with E-state index >= 15 is 0 Å². The van der Waals surface area contributed by atoms with Gasteiger partial charge in [-0.15, -0.1) is 0 Å². The lowest BCUT2D eigenvalue weighted by molar-refractivity contribution is 0.206. The molecular weight excluding hydrogens is 152 g/mol. The first-order chi connectivity index (χ1) is 5.74. The quantitative estimate of drug-likeness (QED) is 0.587. The maximum atomic E-state index is 4.75. The molecule has 12 heavy (non-hydrogen) atoms. The van der Waals surface area contributed by atoms with Gasteiger partial charge in [-0.05, 0) is 39.8 Å². The van der Waals surface area contributed by atoms with E-state index in [0.29, 0.717) is 0 Å². The van der Waals surface area contributed by atoms with E-state index in [-0.39, 0.29) is 0 Å². The van der Waals surface area contributed by atoms with Crippen LogP contribution in [0, 0.1) is 0 Å². The highest BCUT2D eigenvalue weighted by Gasteiger charge is 2.18. The first kappa shape index (κ1) is 9.52. The molecule has 3 nitrogen and oxygen atoms in total. The van der Waals surface area contributed by atoms with Crippen molar-refractivity contribution in [2.75, 3.05) is 21.2 Å². The molecule has 0 N–H and O–H groups in total. The van der Waals surface area contributed by atoms with E-state index in [1.165, 1.54) is 18.6 Å². The molecule has 1 rings (SSSR count). The molecule has 0 bridgehead atoms. The highest BCUT2D eigenvalue weighted by Crippen LogP contribution is 2.19. The lowest BCUT2D eigenvalue weighted by atomic mass is 9.93. The fraction of sp³-hybridized carbons (Fsp3) is 0.889. The number of hydrogen-bond acceptors (Lipinski definition) is 3. The summed E-state index contributed by atoms with van der Waals surface area (Å²) in [5.41, 5.74) is 1.22. The third-order valence-corrected chi connectivity index (χ3v) is 2.48. The summed E-state index contributed by atoms with van der Waals surface area (Å²) in [6.07, 6.45) is 4.62. The van der Waals surface area contributed by atoms with Crippen LogP contribution < -0.4 is 0 Å². The Morgan fingerprint density at radius 2 is 1.92 bits per heavy atom. The molecule has 3 heteroatoms. The molecule has 0 aromatic rings. The van der Waals surface area contributed by atoms with Gasteiger partial charge in [0.15, 0.2) is 0 Å². The van der Waals surface area contributed by atoms with Crippen molar-refractivity contribution in [3.8, 4) is 0 Å². The van der Waals surface area contributed by atoms with Crippen molar-refractivity contribution < 1.29 is 4.84 Å². The summed E-state index contributed by atoms with van der Waals surface area (Å²) < 4.78 is 0. The van der Waals surface area contributed by atoms with Crippen molar-refractivity contribution in [1.82, 2.24) is 4.90 Å². The molecule has 0 atom stereocenters. The second-order valence-corrected chi connectivity index (χ2v) is 3.53. The van der Waals surface area contributed by atoms with Gasteiger partial charge in [-0.2, -0.15) is 0 Å². The summed E-state index contributed by atoms with van der Waals surface area (Å²) in [6, 6.07) is 0.737. The molecule has 0 spiro atoms. The van der Waals surface area contributed by atoms with Gasteiger partial charge in [0.25, 0.3) is 0 Å². The number of nitrogens with zero attached hydrogens (tertiary/aromatic N) is 2. The standard InChI is InChI=1S/C9H18N2O/c1-11(2)9-6-4-8(5-7-9)10-12-3/h9H,4-7H2,1-3H3. The minimum absolute atomic E-state index is 0.737. The predicted octanol–water partition coefficient (Wildman–Crippen LogP) is 1.49. The molecule has 0 radical (unpaired) electrons. The maximum Gasteiger partial charge on any atom is 0.106 e. The van der Waals surface area contributed by atoms with Crippen LogP contribution in [-0.4, -0.2) is 37.9 Å². The Bertz CT molecular complexity index is 156. The molecule has 1 fully saturated rings. The van der Waals surface area contributed by atoms with Crippen LogP contribution in [0.3, 0.4) is 0 Å². The fourth-order valence-electron chi connectivity index (χ4n) is 1.67. The van der Waals surface area contributed by atoms with Crippen molar-refractivity contribution in [2.24, 2.45) is 5.16 Å². The van der Waals surface area contributed by atoms with Gasteiger partial charge in [-0.25, -0.2) is 0 Å². The van der Waals surface area contributed by atoms with E-state index < -0.39 is 0 Å². The summed E-state index contributed by atoms with van der Waals surface area (Å²) in [5, 5.41) is 3.98. The van der Waals surface area contributed by atoms with E-state index in [1.807, 2.05) is 0 Å². The Balaban J connectivity index is 2.34. The normalized spacial score (nSPS) is 24.3. The predicted molar refractivity (Wildman–Crippen MR) is 50.4 cm³/mol. The molecular formula is C9H18N2O. The molecule has 0 aliphatic heterocycles. The molecule has 1 aliphatic carbocycles. The molecule has 0 aromatic carbocycles. The Morgan fingerprint density at radius 3 is 2.33 bits per heavy atom. The zero-order chi connectivity index (χ0) is 8.97. The molecule has 0 unspecified atom stereocenters. The topological polar surface area (TPSA) is 24.8 Å². The lowest BCUT2D eigenvalue weighted by Crippen LogP contribution is -2.32. The highest BCUT2D eigenvalue weighted by molar-refractivity contribution is 5.84. The minimum Gasteiger partial charge on any atom is -0.399 e. The molecule has 1 aliphatic rings. The second-order valence-electron chi connectivity index (χ2n) is 3.53. The van der Waals surface area contributed by atoms with Gasteiger partial charge in [0.05, 0.1) is 5.71 Å². The maximum absolute atomic E-state index is 4.75. The summed E-state index contributed by atoms with van der Waals surface area (Å²) in [4.78, 5) is 7.05. The Labute approximate surface area is 74.4 Å². The van der Waals surface area contributed by atoms with Gasteiger partial charge >= 0.3 is 0 Å². The van der Waals surface area contributed by atoms with Gasteiger partial charge < -0.3 is 9.74 Å². The van der Waals surface area contributed by atoms with Crippen LogP contribution >= 0.6 is 0 Å². The molecule has 1 saturated carbocycles. The Kier molecular flexibility index (Phi) is 3.53. The van der Waals surface area contributed by atoms with Gasteiger partial charge in [0, 0.05) is 6.04 Å². The monoisotopic (exact) mass is 170 g/mol. The van der Waals surface area contributed by atoms with E-state index in [9.17, 15) is 0 Å². The molecule has 0 amide bonds. The van der Waals surface area contributed by atoms with Crippen LogP contribution in [0.4, 0.5) is 0 Å². The van der Waals surface area contributed by atoms with Gasteiger partial charge in [0.1, 0.15) is 7.11 Å². The molecule has 0 heterocycles. The third kappa shape index (κ3) is 2.48. The van der Waals surface area contributed by atoms with E-state index in [1.54, 1.807) is 7.11 Å². The first-order valence-electron chi connectivity index (χ1n) is 4.49. The summed E-state index contributed by atoms with van der Waals surface area (Å²) in [6.45, 7) is 0. The minimum atomic E-state index is 0.737. The molecule has 0 aromatic heterocycles. The number of rotatable bonds is 2. The average molecular weight is 170 g/mol. The van der Waals surface area contributed by atoms with E-state index in [4.69, 9.17) is 4.84 Å². The molecule has 0 saturated heterocycles. The van der Waals surface area contributed by atoms with E-state index in [0.717, 1.165) is 18.9 Å². The Morgan fingerprint density at radius 1 is 1.33 bits per heavy atom. The van der Waals surface area contributed by atoms with Crippen LogP contribution in [0.2, 0.25) is 0 Å². The first-order valence-corrected chi connectivity index (χ1v) is 4.49. The van der Waals surface area contributed by atoms with E-state index in [2.05, 4.69) is 24.2 Å². The lowest BCUT2D eigenvalue weighted by Gasteiger charge is -2.28. The van der Waals surface area contributed by atoms with Crippen molar-refractivity contribution >= 4 is 5.71 Å². The smallest absolute Gasteiger partial charge is 0.106 e. The van der Waals surface area contributed by atoms with Crippen LogP contribution in [0.5, 0.6) is 0 Å². The zero-order valence-electron chi connectivity index (χ0n) is 8.21. The molecule has 70 valence electrons. The van der Waals surface area contributed by atoms with Crippen molar-refractivity contribution in [2.45, 2.75) is 31.7 Å². The van der Waals surface area contributed by atoms with Crippen LogP contribution in [0.15, 0.2) is 5.16 Å². The second kappa shape index (κ2) is 4.45. The van der Waals surface area contributed by atoms with Crippen LogP contribution in [-0.2, 0) is 4.84 Å². The summed E-state index contributed by atoms with van der Waals surface area (Å²) >= 11 is 0. The van der Waals surface area contributed by atoms with Crippen LogP contribution in [0.25, 0.3) is 0 Å². The van der Waals surface area contributed by atoms with Crippen molar-refractivity contribution in [3.05, 3.63) is 0 Å². The number of hydrogen-bond donors (Lipinski definition) is 0. The largest absolute Gasteiger partial charge is 0.399 e. The average Bonchev–Trinajstić information content (AvgIpc) is 2.06. The van der Waals surface area contributed by atoms with Gasteiger partial charge in [0.2, 0.25) is 0 Å². The zero-order valence-corrected chi connectivity index (χ0v) is 8.21. The van der Waals surface area contributed by atoms with Crippen molar-refractivity contribution in [1.29, 1.82) is 0 Å². The highest BCUT2D eigenvalue weighted by atomic mass is 16.6. The summed E-state index contributed by atoms with van der Waals surface area (Å²) in [7, 11) is 5.90.